The van der Waals surface area contributed by atoms with Gasteiger partial charge in [-0.05, 0) is 38.3 Å². The number of nitrogens with one attached hydrogen (secondary N) is 1. The molecule has 1 amide bonds. The first-order chi connectivity index (χ1) is 16.4. The number of hydrogen-bond acceptors (Lipinski definition) is 6. The highest BCUT2D eigenvalue weighted by Crippen LogP contribution is 2.30. The van der Waals surface area contributed by atoms with E-state index in [-0.39, 0.29) is 22.5 Å². The van der Waals surface area contributed by atoms with E-state index in [9.17, 15) is 13.2 Å². The molecule has 2 aromatic rings. The van der Waals surface area contributed by atoms with Gasteiger partial charge in [-0.1, -0.05) is 31.9 Å². The Hall–Kier alpha value is -2.59. The number of rotatable bonds is 9. The molecule has 1 saturated heterocycles. The molecule has 0 atom stereocenters. The lowest BCUT2D eigenvalue weighted by Gasteiger charge is -2.35. The van der Waals surface area contributed by atoms with Gasteiger partial charge in [-0.3, -0.25) is 9.48 Å². The van der Waals surface area contributed by atoms with Crippen molar-refractivity contribution in [1.29, 1.82) is 0 Å². The van der Waals surface area contributed by atoms with Gasteiger partial charge in [0.2, 0.25) is 5.03 Å². The fourth-order valence-electron chi connectivity index (χ4n) is 4.71. The van der Waals surface area contributed by atoms with Crippen molar-refractivity contribution in [1.82, 2.24) is 19.4 Å². The maximum absolute atomic E-state index is 13.6. The second-order valence-corrected chi connectivity index (χ2v) is 10.7. The van der Waals surface area contributed by atoms with Crippen LogP contribution in [0.3, 0.4) is 0 Å². The van der Waals surface area contributed by atoms with Gasteiger partial charge in [-0.25, -0.2) is 8.42 Å². The Morgan fingerprint density at radius 2 is 1.82 bits per heavy atom. The lowest BCUT2D eigenvalue weighted by molar-refractivity contribution is 0.0934. The van der Waals surface area contributed by atoms with Crippen LogP contribution in [0.2, 0.25) is 0 Å². The van der Waals surface area contributed by atoms with Crippen molar-refractivity contribution in [3.05, 3.63) is 36.0 Å². The molecule has 0 spiro atoms. The highest BCUT2D eigenvalue weighted by Gasteiger charge is 2.35. The number of aryl methyl sites for hydroxylation is 1. The number of sulfonamides is 1. The van der Waals surface area contributed by atoms with E-state index < -0.39 is 10.0 Å². The maximum atomic E-state index is 13.6. The Kier molecular flexibility index (Phi) is 7.77. The number of nitrogens with zero attached hydrogens (tertiary/aromatic N) is 4. The van der Waals surface area contributed by atoms with E-state index >= 15 is 0 Å². The van der Waals surface area contributed by atoms with Crippen LogP contribution in [0.15, 0.2) is 35.5 Å². The summed E-state index contributed by atoms with van der Waals surface area (Å²) in [5.41, 5.74) is 1.11. The summed E-state index contributed by atoms with van der Waals surface area (Å²) >= 11 is 0. The lowest BCUT2D eigenvalue weighted by atomic mass is 10.2. The van der Waals surface area contributed by atoms with Gasteiger partial charge in [0.15, 0.2) is 0 Å². The van der Waals surface area contributed by atoms with E-state index in [4.69, 9.17) is 4.74 Å². The number of para-hydroxylation sites is 2. The molecule has 2 aliphatic rings. The number of carbonyl (C=O) groups is 1. The topological polar surface area (TPSA) is 96.8 Å². The maximum Gasteiger partial charge on any atom is 0.263 e. The molecule has 1 aliphatic carbocycles. The van der Waals surface area contributed by atoms with Gasteiger partial charge >= 0.3 is 0 Å². The summed E-state index contributed by atoms with van der Waals surface area (Å²) in [5.74, 6) is 0.447. The predicted molar refractivity (Wildman–Crippen MR) is 131 cm³/mol. The van der Waals surface area contributed by atoms with Gasteiger partial charge in [-0.15, -0.1) is 0 Å². The first-order valence-electron chi connectivity index (χ1n) is 12.3. The molecule has 0 bridgehead atoms. The smallest absolute Gasteiger partial charge is 0.263 e. The third-order valence-electron chi connectivity index (χ3n) is 6.44. The number of carbonyl (C=O) groups excluding carboxylic acids is 1. The van der Waals surface area contributed by atoms with Gasteiger partial charge in [0.25, 0.3) is 15.9 Å². The molecule has 2 heterocycles. The van der Waals surface area contributed by atoms with Crippen LogP contribution in [0.5, 0.6) is 5.75 Å². The molecule has 2 fully saturated rings. The van der Waals surface area contributed by atoms with E-state index in [0.29, 0.717) is 39.3 Å². The van der Waals surface area contributed by atoms with E-state index in [0.717, 1.165) is 43.5 Å². The van der Waals surface area contributed by atoms with Crippen molar-refractivity contribution in [3.63, 3.8) is 0 Å². The molecule has 0 unspecified atom stereocenters. The lowest BCUT2D eigenvalue weighted by Crippen LogP contribution is -2.49. The first-order valence-corrected chi connectivity index (χ1v) is 13.7. The summed E-state index contributed by atoms with van der Waals surface area (Å²) in [6.07, 6.45) is 6.41. The highest BCUT2D eigenvalue weighted by molar-refractivity contribution is 7.89. The summed E-state index contributed by atoms with van der Waals surface area (Å²) in [5, 5.41) is 7.23. The fourth-order valence-corrected chi connectivity index (χ4v) is 6.23. The average Bonchev–Trinajstić information content (AvgIpc) is 3.50. The zero-order valence-corrected chi connectivity index (χ0v) is 20.9. The van der Waals surface area contributed by atoms with Crippen LogP contribution < -0.4 is 15.0 Å². The van der Waals surface area contributed by atoms with Gasteiger partial charge in [0.1, 0.15) is 5.75 Å². The normalized spacial score (nSPS) is 17.8. The van der Waals surface area contributed by atoms with E-state index in [1.165, 1.54) is 4.31 Å². The van der Waals surface area contributed by atoms with Crippen molar-refractivity contribution in [2.45, 2.75) is 63.6 Å². The van der Waals surface area contributed by atoms with Crippen molar-refractivity contribution in [2.24, 2.45) is 0 Å². The summed E-state index contributed by atoms with van der Waals surface area (Å²) in [6.45, 7) is 6.75. The summed E-state index contributed by atoms with van der Waals surface area (Å²) in [4.78, 5) is 15.2. The number of piperazine rings is 1. The van der Waals surface area contributed by atoms with Crippen LogP contribution in [0.1, 0.15) is 56.3 Å². The largest absolute Gasteiger partial charge is 0.492 e. The molecule has 0 radical (unpaired) electrons. The zero-order chi connectivity index (χ0) is 24.1. The van der Waals surface area contributed by atoms with Crippen molar-refractivity contribution >= 4 is 21.6 Å². The third kappa shape index (κ3) is 5.22. The van der Waals surface area contributed by atoms with Crippen LogP contribution >= 0.6 is 0 Å². The zero-order valence-electron chi connectivity index (χ0n) is 20.1. The van der Waals surface area contributed by atoms with Gasteiger partial charge in [-0.2, -0.15) is 9.40 Å². The van der Waals surface area contributed by atoms with Crippen LogP contribution in [-0.4, -0.2) is 67.2 Å². The van der Waals surface area contributed by atoms with Crippen molar-refractivity contribution in [2.75, 3.05) is 37.7 Å². The molecule has 1 aromatic heterocycles. The van der Waals surface area contributed by atoms with Crippen molar-refractivity contribution in [3.8, 4) is 5.75 Å². The predicted octanol–water partition coefficient (Wildman–Crippen LogP) is 2.88. The van der Waals surface area contributed by atoms with Crippen molar-refractivity contribution < 1.29 is 17.9 Å². The fraction of sp³-hybridized carbons (Fsp3) is 0.583. The number of aromatic nitrogens is 2. The Bertz CT molecular complexity index is 1090. The molecule has 34 heavy (non-hydrogen) atoms. The van der Waals surface area contributed by atoms with Crippen LogP contribution in [-0.2, 0) is 16.6 Å². The minimum absolute atomic E-state index is 0.103. The van der Waals surface area contributed by atoms with Gasteiger partial charge < -0.3 is 15.0 Å². The molecule has 10 heteroatoms. The average molecular weight is 490 g/mol. The van der Waals surface area contributed by atoms with E-state index in [1.807, 2.05) is 38.1 Å². The molecule has 1 aliphatic heterocycles. The number of benzene rings is 1. The summed E-state index contributed by atoms with van der Waals surface area (Å²) in [6, 6.07) is 7.91. The summed E-state index contributed by atoms with van der Waals surface area (Å²) in [7, 11) is -3.91. The highest BCUT2D eigenvalue weighted by atomic mass is 32.2. The van der Waals surface area contributed by atoms with Gasteiger partial charge in [0.05, 0.1) is 17.9 Å². The third-order valence-corrected chi connectivity index (χ3v) is 8.28. The molecule has 1 N–H and O–H groups in total. The summed E-state index contributed by atoms with van der Waals surface area (Å²) < 4.78 is 36.0. The van der Waals surface area contributed by atoms with Gasteiger partial charge in [0, 0.05) is 45.0 Å². The SMILES string of the molecule is CCCn1cc(C(=O)NC2CCCC2)c(S(=O)(=O)N2CCN(c3ccccc3OCC)CC2)n1. The standard InChI is InChI=1S/C24H35N5O4S/c1-3-13-28-18-20(23(30)25-19-9-5-6-10-19)24(26-28)34(31,32)29-16-14-27(15-17-29)21-11-7-8-12-22(21)33-4-2/h7-8,11-12,18-19H,3-6,9-10,13-17H2,1-2H3,(H,25,30). The quantitative estimate of drug-likeness (QED) is 0.582. The number of anilines is 1. The minimum atomic E-state index is -3.91. The van der Waals surface area contributed by atoms with Crippen LogP contribution in [0.25, 0.3) is 0 Å². The Balaban J connectivity index is 1.52. The van der Waals surface area contributed by atoms with Crippen LogP contribution in [0.4, 0.5) is 5.69 Å². The minimum Gasteiger partial charge on any atom is -0.492 e. The molecule has 9 nitrogen and oxygen atoms in total. The van der Waals surface area contributed by atoms with Crippen LogP contribution in [0, 0.1) is 0 Å². The molecule has 1 saturated carbocycles. The molecule has 4 rings (SSSR count). The first kappa shape index (κ1) is 24.5. The monoisotopic (exact) mass is 489 g/mol. The Morgan fingerprint density at radius 1 is 1.12 bits per heavy atom. The van der Waals surface area contributed by atoms with E-state index in [1.54, 1.807) is 10.9 Å². The van der Waals surface area contributed by atoms with E-state index in [2.05, 4.69) is 15.3 Å². The second kappa shape index (κ2) is 10.8. The Labute approximate surface area is 202 Å². The second-order valence-electron chi connectivity index (χ2n) is 8.86. The molecule has 1 aromatic carbocycles. The molecular formula is C24H35N5O4S. The molecular weight excluding hydrogens is 454 g/mol. The number of hydrogen-bond donors (Lipinski definition) is 1. The number of amides is 1. The molecule has 186 valence electrons. The number of ether oxygens (including phenoxy) is 1. The Morgan fingerprint density at radius 3 is 2.50 bits per heavy atom.